The average molecular weight is 331 g/mol. The average Bonchev–Trinajstić information content (AvgIpc) is 3.11. The molecule has 0 fully saturated rings. The van der Waals surface area contributed by atoms with Gasteiger partial charge in [0, 0.05) is 11.3 Å². The number of para-hydroxylation sites is 1. The lowest BCUT2D eigenvalue weighted by molar-refractivity contribution is -0.125. The van der Waals surface area contributed by atoms with Crippen LogP contribution in [0.5, 0.6) is 0 Å². The minimum atomic E-state index is -0.271. The van der Waals surface area contributed by atoms with Crippen molar-refractivity contribution in [2.75, 3.05) is 0 Å². The van der Waals surface area contributed by atoms with Gasteiger partial charge in [-0.05, 0) is 37.0 Å². The number of carbonyl (C=O) groups is 1. The van der Waals surface area contributed by atoms with E-state index in [4.69, 9.17) is 4.42 Å². The van der Waals surface area contributed by atoms with Gasteiger partial charge < -0.3 is 9.73 Å². The van der Waals surface area contributed by atoms with Gasteiger partial charge in [0.05, 0.1) is 0 Å². The molecule has 0 aliphatic heterocycles. The maximum Gasteiger partial charge on any atom is 0.224 e. The minimum Gasteiger partial charge on any atom is -0.459 e. The van der Waals surface area contributed by atoms with Crippen LogP contribution in [0, 0.1) is 5.92 Å². The molecule has 3 heteroatoms. The molecule has 3 nitrogen and oxygen atoms in total. The summed E-state index contributed by atoms with van der Waals surface area (Å²) in [6.45, 7) is 0. The summed E-state index contributed by atoms with van der Waals surface area (Å²) in [6.07, 6.45) is 6.94. The van der Waals surface area contributed by atoms with E-state index in [9.17, 15) is 4.79 Å². The number of carbonyl (C=O) groups excluding carboxylic acids is 1. The van der Waals surface area contributed by atoms with E-state index < -0.39 is 0 Å². The Kier molecular flexibility index (Phi) is 4.38. The summed E-state index contributed by atoms with van der Waals surface area (Å²) in [5.74, 6) is 0.909. The molecule has 1 N–H and O–H groups in total. The fourth-order valence-electron chi connectivity index (χ4n) is 3.40. The van der Waals surface area contributed by atoms with Gasteiger partial charge in [-0.1, -0.05) is 60.7 Å². The van der Waals surface area contributed by atoms with Crippen molar-refractivity contribution >= 4 is 16.9 Å². The van der Waals surface area contributed by atoms with Crippen LogP contribution in [0.1, 0.15) is 36.6 Å². The highest BCUT2D eigenvalue weighted by molar-refractivity contribution is 5.81. The van der Waals surface area contributed by atoms with E-state index in [1.807, 2.05) is 60.7 Å². The molecule has 1 aliphatic carbocycles. The molecule has 4 rings (SSSR count). The maximum absolute atomic E-state index is 12.8. The van der Waals surface area contributed by atoms with E-state index in [-0.39, 0.29) is 17.9 Å². The number of allylic oxidation sites excluding steroid dienone is 2. The van der Waals surface area contributed by atoms with Crippen LogP contribution in [0.15, 0.2) is 77.2 Å². The lowest BCUT2D eigenvalue weighted by Crippen LogP contribution is -2.34. The third-order valence-electron chi connectivity index (χ3n) is 4.79. The SMILES string of the molecule is O=C(N[C@H](c1ccccc1)c1cc2ccccc2o1)[C@@H]1CC=CCC1. The number of benzene rings is 2. The molecular formula is C22H21NO2. The Balaban J connectivity index is 1.66. The van der Waals surface area contributed by atoms with Crippen molar-refractivity contribution in [1.82, 2.24) is 5.32 Å². The lowest BCUT2D eigenvalue weighted by atomic mass is 9.93. The number of hydrogen-bond donors (Lipinski definition) is 1. The molecule has 0 saturated carbocycles. The summed E-state index contributed by atoms with van der Waals surface area (Å²) in [4.78, 5) is 12.8. The Hall–Kier alpha value is -2.81. The second-order valence-electron chi connectivity index (χ2n) is 6.52. The predicted octanol–water partition coefficient (Wildman–Crippen LogP) is 4.99. The van der Waals surface area contributed by atoms with Crippen LogP contribution in [0.4, 0.5) is 0 Å². The first-order valence-corrected chi connectivity index (χ1v) is 8.80. The number of nitrogens with one attached hydrogen (secondary N) is 1. The van der Waals surface area contributed by atoms with Crippen LogP contribution < -0.4 is 5.32 Å². The van der Waals surface area contributed by atoms with Crippen molar-refractivity contribution in [2.45, 2.75) is 25.3 Å². The Morgan fingerprint density at radius 3 is 2.60 bits per heavy atom. The van der Waals surface area contributed by atoms with E-state index in [0.717, 1.165) is 41.6 Å². The molecule has 3 aromatic rings. The third-order valence-corrected chi connectivity index (χ3v) is 4.79. The molecule has 0 bridgehead atoms. The summed E-state index contributed by atoms with van der Waals surface area (Å²) in [6, 6.07) is 19.7. The first kappa shape index (κ1) is 15.7. The molecule has 2 aromatic carbocycles. The molecule has 0 radical (unpaired) electrons. The van der Waals surface area contributed by atoms with Crippen LogP contribution in [-0.2, 0) is 4.79 Å². The molecule has 1 amide bonds. The zero-order valence-corrected chi connectivity index (χ0v) is 14.0. The Labute approximate surface area is 147 Å². The Bertz CT molecular complexity index is 862. The molecule has 126 valence electrons. The standard InChI is InChI=1S/C22H21NO2/c24-22(17-11-5-2-6-12-17)23-21(16-9-3-1-4-10-16)20-15-18-13-7-8-14-19(18)25-20/h1-5,7-10,13-15,17,21H,6,11-12H2,(H,23,24)/t17-,21-/m1/s1. The second-order valence-corrected chi connectivity index (χ2v) is 6.52. The molecule has 1 aliphatic rings. The first-order chi connectivity index (χ1) is 12.3. The predicted molar refractivity (Wildman–Crippen MR) is 99.1 cm³/mol. The second kappa shape index (κ2) is 6.98. The summed E-state index contributed by atoms with van der Waals surface area (Å²) >= 11 is 0. The topological polar surface area (TPSA) is 42.2 Å². The molecule has 0 saturated heterocycles. The van der Waals surface area contributed by atoms with Crippen molar-refractivity contribution in [1.29, 1.82) is 0 Å². The number of hydrogen-bond acceptors (Lipinski definition) is 2. The quantitative estimate of drug-likeness (QED) is 0.684. The van der Waals surface area contributed by atoms with E-state index in [1.54, 1.807) is 0 Å². The molecule has 1 heterocycles. The Morgan fingerprint density at radius 1 is 1.04 bits per heavy atom. The summed E-state index contributed by atoms with van der Waals surface area (Å²) in [5, 5.41) is 4.26. The maximum atomic E-state index is 12.8. The lowest BCUT2D eigenvalue weighted by Gasteiger charge is -2.22. The van der Waals surface area contributed by atoms with Crippen molar-refractivity contribution < 1.29 is 9.21 Å². The van der Waals surface area contributed by atoms with Gasteiger partial charge in [-0.15, -0.1) is 0 Å². The van der Waals surface area contributed by atoms with E-state index >= 15 is 0 Å². The van der Waals surface area contributed by atoms with E-state index in [0.29, 0.717) is 0 Å². The highest BCUT2D eigenvalue weighted by Crippen LogP contribution is 2.29. The largest absolute Gasteiger partial charge is 0.459 e. The van der Waals surface area contributed by atoms with Gasteiger partial charge in [-0.2, -0.15) is 0 Å². The number of rotatable bonds is 4. The molecule has 0 spiro atoms. The summed E-state index contributed by atoms with van der Waals surface area (Å²) in [5.41, 5.74) is 1.87. The zero-order valence-electron chi connectivity index (χ0n) is 14.0. The van der Waals surface area contributed by atoms with Crippen molar-refractivity contribution in [2.24, 2.45) is 5.92 Å². The minimum absolute atomic E-state index is 0.0422. The van der Waals surface area contributed by atoms with Crippen LogP contribution in [0.2, 0.25) is 0 Å². The normalized spacial score (nSPS) is 18.2. The monoisotopic (exact) mass is 331 g/mol. The van der Waals surface area contributed by atoms with Crippen LogP contribution in [-0.4, -0.2) is 5.91 Å². The van der Waals surface area contributed by atoms with Gasteiger partial charge in [0.2, 0.25) is 5.91 Å². The van der Waals surface area contributed by atoms with Crippen molar-refractivity contribution in [3.05, 3.63) is 84.1 Å². The smallest absolute Gasteiger partial charge is 0.224 e. The Morgan fingerprint density at radius 2 is 1.84 bits per heavy atom. The molecular weight excluding hydrogens is 310 g/mol. The highest BCUT2D eigenvalue weighted by atomic mass is 16.3. The van der Waals surface area contributed by atoms with Crippen molar-refractivity contribution in [3.63, 3.8) is 0 Å². The number of furan rings is 1. The van der Waals surface area contributed by atoms with Crippen LogP contribution in [0.25, 0.3) is 11.0 Å². The fourth-order valence-corrected chi connectivity index (χ4v) is 3.40. The van der Waals surface area contributed by atoms with Gasteiger partial charge in [0.25, 0.3) is 0 Å². The molecule has 2 atom stereocenters. The van der Waals surface area contributed by atoms with E-state index in [1.165, 1.54) is 0 Å². The summed E-state index contributed by atoms with van der Waals surface area (Å²) in [7, 11) is 0. The van der Waals surface area contributed by atoms with Crippen molar-refractivity contribution in [3.8, 4) is 0 Å². The van der Waals surface area contributed by atoms with Gasteiger partial charge in [-0.25, -0.2) is 0 Å². The van der Waals surface area contributed by atoms with Crippen LogP contribution in [0.3, 0.4) is 0 Å². The van der Waals surface area contributed by atoms with Crippen LogP contribution >= 0.6 is 0 Å². The third kappa shape index (κ3) is 3.36. The van der Waals surface area contributed by atoms with E-state index in [2.05, 4.69) is 17.5 Å². The molecule has 25 heavy (non-hydrogen) atoms. The van der Waals surface area contributed by atoms with Gasteiger partial charge >= 0.3 is 0 Å². The van der Waals surface area contributed by atoms with Gasteiger partial charge in [0.1, 0.15) is 17.4 Å². The number of amides is 1. The van der Waals surface area contributed by atoms with Gasteiger partial charge in [-0.3, -0.25) is 4.79 Å². The fraction of sp³-hybridized carbons (Fsp3) is 0.227. The van der Waals surface area contributed by atoms with Gasteiger partial charge in [0.15, 0.2) is 0 Å². The number of fused-ring (bicyclic) bond motifs is 1. The highest BCUT2D eigenvalue weighted by Gasteiger charge is 2.25. The molecule has 1 aromatic heterocycles. The zero-order chi connectivity index (χ0) is 17.1. The summed E-state index contributed by atoms with van der Waals surface area (Å²) < 4.78 is 6.04. The molecule has 0 unspecified atom stereocenters. The first-order valence-electron chi connectivity index (χ1n) is 8.80.